The highest BCUT2D eigenvalue weighted by Crippen LogP contribution is 2.28. The fourth-order valence-electron chi connectivity index (χ4n) is 4.52. The van der Waals surface area contributed by atoms with Gasteiger partial charge in [-0.1, -0.05) is 6.07 Å². The van der Waals surface area contributed by atoms with Gasteiger partial charge in [0, 0.05) is 19.1 Å². The number of hydrogen-bond donors (Lipinski definition) is 0. The maximum Gasteiger partial charge on any atom is 0.332 e. The van der Waals surface area contributed by atoms with Gasteiger partial charge in [-0.3, -0.25) is 18.7 Å². The summed E-state index contributed by atoms with van der Waals surface area (Å²) in [6, 6.07) is 10.4. The third kappa shape index (κ3) is 4.37. The zero-order chi connectivity index (χ0) is 24.2. The van der Waals surface area contributed by atoms with E-state index >= 15 is 0 Å². The molecular formula is C25H29N3O6. The normalized spacial score (nSPS) is 14.3. The molecule has 0 radical (unpaired) electrons. The van der Waals surface area contributed by atoms with Crippen molar-refractivity contribution in [2.75, 3.05) is 33.9 Å². The molecule has 0 bridgehead atoms. The number of ether oxygens (including phenoxy) is 3. The first kappa shape index (κ1) is 23.4. The molecule has 0 aliphatic carbocycles. The van der Waals surface area contributed by atoms with Crippen LogP contribution in [0.4, 0.5) is 0 Å². The van der Waals surface area contributed by atoms with Gasteiger partial charge < -0.3 is 19.1 Å². The zero-order valence-electron chi connectivity index (χ0n) is 19.7. The molecule has 0 spiro atoms. The average Bonchev–Trinajstić information content (AvgIpc) is 2.87. The third-order valence-corrected chi connectivity index (χ3v) is 6.25. The number of fused-ring (bicyclic) bond motifs is 1. The van der Waals surface area contributed by atoms with Crippen molar-refractivity contribution >= 4 is 17.3 Å². The molecule has 3 aromatic rings. The van der Waals surface area contributed by atoms with Crippen LogP contribution in [0, 0.1) is 0 Å². The van der Waals surface area contributed by atoms with Gasteiger partial charge >= 0.3 is 5.69 Å². The largest absolute Gasteiger partial charge is 0.494 e. The maximum atomic E-state index is 13.7. The Hall–Kier alpha value is -3.75. The van der Waals surface area contributed by atoms with Crippen LogP contribution in [0.5, 0.6) is 17.2 Å². The molecule has 1 aliphatic heterocycles. The van der Waals surface area contributed by atoms with E-state index in [1.807, 2.05) is 6.92 Å². The molecule has 9 heteroatoms. The summed E-state index contributed by atoms with van der Waals surface area (Å²) in [6.45, 7) is 3.55. The number of amides is 1. The number of methoxy groups -OCH3 is 2. The van der Waals surface area contributed by atoms with Crippen LogP contribution in [-0.2, 0) is 11.3 Å². The minimum absolute atomic E-state index is 0.0833. The smallest absolute Gasteiger partial charge is 0.332 e. The monoisotopic (exact) mass is 467 g/mol. The second-order valence-corrected chi connectivity index (χ2v) is 8.22. The quantitative estimate of drug-likeness (QED) is 0.473. The Morgan fingerprint density at radius 1 is 1.00 bits per heavy atom. The molecule has 0 saturated carbocycles. The number of piperidine rings is 1. The van der Waals surface area contributed by atoms with Crippen LogP contribution < -0.4 is 25.5 Å². The fraction of sp³-hybridized carbons (Fsp3) is 0.400. The molecule has 0 atom stereocenters. The highest BCUT2D eigenvalue weighted by atomic mass is 16.5. The number of hydrogen-bond acceptors (Lipinski definition) is 6. The molecule has 0 N–H and O–H groups in total. The molecule has 9 nitrogen and oxygen atoms in total. The van der Waals surface area contributed by atoms with Crippen molar-refractivity contribution in [2.45, 2.75) is 32.4 Å². The Morgan fingerprint density at radius 2 is 1.74 bits per heavy atom. The molecule has 1 fully saturated rings. The highest BCUT2D eigenvalue weighted by molar-refractivity contribution is 5.80. The third-order valence-electron chi connectivity index (χ3n) is 6.25. The van der Waals surface area contributed by atoms with Crippen molar-refractivity contribution in [2.24, 2.45) is 0 Å². The lowest BCUT2D eigenvalue weighted by molar-refractivity contribution is -0.119. The van der Waals surface area contributed by atoms with Crippen LogP contribution in [0.25, 0.3) is 10.9 Å². The van der Waals surface area contributed by atoms with Gasteiger partial charge in [-0.25, -0.2) is 4.79 Å². The summed E-state index contributed by atoms with van der Waals surface area (Å²) >= 11 is 0. The van der Waals surface area contributed by atoms with E-state index in [9.17, 15) is 14.4 Å². The molecule has 2 heterocycles. The van der Waals surface area contributed by atoms with Gasteiger partial charge in [-0.15, -0.1) is 0 Å². The molecule has 1 saturated heterocycles. The lowest BCUT2D eigenvalue weighted by atomic mass is 10.0. The Labute approximate surface area is 197 Å². The van der Waals surface area contributed by atoms with Crippen LogP contribution in [0.15, 0.2) is 46.0 Å². The predicted molar refractivity (Wildman–Crippen MR) is 128 cm³/mol. The lowest BCUT2D eigenvalue weighted by Gasteiger charge is -2.31. The molecule has 4 rings (SSSR count). The van der Waals surface area contributed by atoms with Crippen LogP contribution in [0.1, 0.15) is 31.4 Å². The lowest BCUT2D eigenvalue weighted by Crippen LogP contribution is -2.44. The molecular weight excluding hydrogens is 438 g/mol. The van der Waals surface area contributed by atoms with Gasteiger partial charge in [0.25, 0.3) is 5.56 Å². The molecule has 34 heavy (non-hydrogen) atoms. The van der Waals surface area contributed by atoms with E-state index in [4.69, 9.17) is 14.2 Å². The summed E-state index contributed by atoms with van der Waals surface area (Å²) in [5, 5.41) is 0.420. The molecule has 1 amide bonds. The number of benzene rings is 2. The van der Waals surface area contributed by atoms with E-state index in [-0.39, 0.29) is 23.8 Å². The molecule has 1 aromatic heterocycles. The fourth-order valence-corrected chi connectivity index (χ4v) is 4.52. The van der Waals surface area contributed by atoms with Gasteiger partial charge in [0.2, 0.25) is 6.41 Å². The van der Waals surface area contributed by atoms with E-state index in [1.54, 1.807) is 53.0 Å². The zero-order valence-corrected chi connectivity index (χ0v) is 19.7. The topological polar surface area (TPSA) is 92.0 Å². The number of aromatic nitrogens is 2. The van der Waals surface area contributed by atoms with E-state index in [2.05, 4.69) is 0 Å². The number of likely N-dealkylation sites (tertiary alicyclic amines) is 1. The van der Waals surface area contributed by atoms with Crippen LogP contribution in [0.3, 0.4) is 0 Å². The van der Waals surface area contributed by atoms with Crippen molar-refractivity contribution in [1.29, 1.82) is 0 Å². The predicted octanol–water partition coefficient (Wildman–Crippen LogP) is 2.42. The summed E-state index contributed by atoms with van der Waals surface area (Å²) in [5.74, 6) is 1.66. The van der Waals surface area contributed by atoms with E-state index in [0.717, 1.165) is 12.0 Å². The van der Waals surface area contributed by atoms with Gasteiger partial charge in [-0.05, 0) is 55.7 Å². The number of rotatable bonds is 8. The summed E-state index contributed by atoms with van der Waals surface area (Å²) in [4.78, 5) is 40.1. The summed E-state index contributed by atoms with van der Waals surface area (Å²) in [5.41, 5.74) is 0.560. The van der Waals surface area contributed by atoms with Crippen molar-refractivity contribution < 1.29 is 19.0 Å². The Kier molecular flexibility index (Phi) is 6.90. The minimum Gasteiger partial charge on any atom is -0.494 e. The second-order valence-electron chi connectivity index (χ2n) is 8.22. The van der Waals surface area contributed by atoms with Crippen molar-refractivity contribution in [3.8, 4) is 17.2 Å². The van der Waals surface area contributed by atoms with Crippen molar-refractivity contribution in [3.05, 3.63) is 62.8 Å². The van der Waals surface area contributed by atoms with Crippen molar-refractivity contribution in [1.82, 2.24) is 14.0 Å². The molecule has 0 unspecified atom stereocenters. The number of carbonyl (C=O) groups is 1. The summed E-state index contributed by atoms with van der Waals surface area (Å²) in [6.07, 6.45) is 2.11. The molecule has 2 aromatic carbocycles. The summed E-state index contributed by atoms with van der Waals surface area (Å²) < 4.78 is 19.3. The van der Waals surface area contributed by atoms with E-state index in [1.165, 1.54) is 11.7 Å². The van der Waals surface area contributed by atoms with E-state index < -0.39 is 0 Å². The minimum atomic E-state index is -0.377. The Bertz CT molecular complexity index is 1300. The first-order chi connectivity index (χ1) is 16.5. The van der Waals surface area contributed by atoms with E-state index in [0.29, 0.717) is 60.7 Å². The standard InChI is InChI=1S/C25H29N3O6/c1-4-34-19-6-7-21-20(14-19)24(30)27(15-17-5-8-22(32-2)23(13-17)33-3)25(31)28(21)18-9-11-26(16-29)12-10-18/h5-8,13-14,16,18H,4,9-12,15H2,1-3H3. The number of carbonyl (C=O) groups excluding carboxylic acids is 1. The Morgan fingerprint density at radius 3 is 2.38 bits per heavy atom. The second kappa shape index (κ2) is 10.0. The van der Waals surface area contributed by atoms with Crippen LogP contribution in [-0.4, -0.2) is 54.4 Å². The van der Waals surface area contributed by atoms with Gasteiger partial charge in [-0.2, -0.15) is 0 Å². The van der Waals surface area contributed by atoms with Crippen LogP contribution >= 0.6 is 0 Å². The molecule has 1 aliphatic rings. The average molecular weight is 468 g/mol. The summed E-state index contributed by atoms with van der Waals surface area (Å²) in [7, 11) is 3.09. The van der Waals surface area contributed by atoms with Gasteiger partial charge in [0.15, 0.2) is 11.5 Å². The molecule has 180 valence electrons. The SMILES string of the molecule is CCOc1ccc2c(c1)c(=O)n(Cc1ccc(OC)c(OC)c1)c(=O)n2C1CCN(C=O)CC1. The highest BCUT2D eigenvalue weighted by Gasteiger charge is 2.25. The maximum absolute atomic E-state index is 13.7. The number of nitrogens with zero attached hydrogens (tertiary/aromatic N) is 3. The van der Waals surface area contributed by atoms with Gasteiger partial charge in [0.05, 0.1) is 38.3 Å². The first-order valence-corrected chi connectivity index (χ1v) is 11.3. The van der Waals surface area contributed by atoms with Crippen LogP contribution in [0.2, 0.25) is 0 Å². The van der Waals surface area contributed by atoms with Gasteiger partial charge in [0.1, 0.15) is 5.75 Å². The Balaban J connectivity index is 1.86. The van der Waals surface area contributed by atoms with Crippen molar-refractivity contribution in [3.63, 3.8) is 0 Å². The first-order valence-electron chi connectivity index (χ1n) is 11.3.